The second-order valence-corrected chi connectivity index (χ2v) is 8.41. The summed E-state index contributed by atoms with van der Waals surface area (Å²) in [6, 6.07) is 9.13. The fourth-order valence-corrected chi connectivity index (χ4v) is 5.53. The number of aryl methyl sites for hydroxylation is 2. The summed E-state index contributed by atoms with van der Waals surface area (Å²) in [5.41, 5.74) is 1.15. The smallest absolute Gasteiger partial charge is 0.350 e. The van der Waals surface area contributed by atoms with Crippen molar-refractivity contribution in [3.63, 3.8) is 0 Å². The predicted octanol–water partition coefficient (Wildman–Crippen LogP) is 4.12. The van der Waals surface area contributed by atoms with Gasteiger partial charge in [-0.25, -0.2) is 9.78 Å². The van der Waals surface area contributed by atoms with Gasteiger partial charge in [0.2, 0.25) is 0 Å². The van der Waals surface area contributed by atoms with E-state index in [1.54, 1.807) is 23.5 Å². The molecule has 5 nitrogen and oxygen atoms in total. The molecule has 130 valence electrons. The summed E-state index contributed by atoms with van der Waals surface area (Å²) in [5.74, 6) is 0. The normalized spacial score (nSPS) is 14.0. The van der Waals surface area contributed by atoms with Gasteiger partial charge >= 0.3 is 5.63 Å². The second-order valence-electron chi connectivity index (χ2n) is 6.30. The van der Waals surface area contributed by atoms with Crippen LogP contribution in [0.25, 0.3) is 21.2 Å². The number of thiophene rings is 1. The standard InChI is InChI=1S/C19H14N2O3S2/c22-16-15-11-6-2-4-8-13(11)25-17(15)21-19(20-16)26-14-9-10-5-1-3-7-12(10)24-18(14)23/h1,3,5,7,9H,2,4,6,8H2,(H,20,21,22). The lowest BCUT2D eigenvalue weighted by Gasteiger charge is -2.09. The van der Waals surface area contributed by atoms with Crippen molar-refractivity contribution in [1.82, 2.24) is 9.97 Å². The van der Waals surface area contributed by atoms with Gasteiger partial charge in [0.15, 0.2) is 5.16 Å². The van der Waals surface area contributed by atoms with Crippen LogP contribution in [0.3, 0.4) is 0 Å². The molecule has 0 radical (unpaired) electrons. The van der Waals surface area contributed by atoms with Gasteiger partial charge < -0.3 is 9.40 Å². The molecule has 0 spiro atoms. The molecule has 1 aliphatic rings. The van der Waals surface area contributed by atoms with Crippen molar-refractivity contribution in [3.8, 4) is 0 Å². The average Bonchev–Trinajstić information content (AvgIpc) is 3.01. The first-order valence-electron chi connectivity index (χ1n) is 8.44. The van der Waals surface area contributed by atoms with Crippen LogP contribution in [0.5, 0.6) is 0 Å². The maximum absolute atomic E-state index is 12.6. The minimum absolute atomic E-state index is 0.123. The Morgan fingerprint density at radius 1 is 1.15 bits per heavy atom. The van der Waals surface area contributed by atoms with Crippen molar-refractivity contribution in [2.24, 2.45) is 0 Å². The van der Waals surface area contributed by atoms with Crippen molar-refractivity contribution in [2.75, 3.05) is 0 Å². The Hall–Kier alpha value is -2.38. The van der Waals surface area contributed by atoms with Gasteiger partial charge in [-0.15, -0.1) is 11.3 Å². The van der Waals surface area contributed by atoms with Gasteiger partial charge in [0.05, 0.1) is 5.39 Å². The molecular formula is C19H14N2O3S2. The Bertz CT molecular complexity index is 1270. The maximum Gasteiger partial charge on any atom is 0.350 e. The number of rotatable bonds is 2. The van der Waals surface area contributed by atoms with E-state index in [0.29, 0.717) is 15.6 Å². The molecule has 7 heteroatoms. The average molecular weight is 382 g/mol. The molecule has 3 heterocycles. The Morgan fingerprint density at radius 2 is 2.00 bits per heavy atom. The molecule has 0 bridgehead atoms. The first kappa shape index (κ1) is 15.8. The van der Waals surface area contributed by atoms with Crippen LogP contribution in [-0.4, -0.2) is 9.97 Å². The minimum atomic E-state index is -0.429. The Labute approximate surface area is 156 Å². The van der Waals surface area contributed by atoms with E-state index >= 15 is 0 Å². The van der Waals surface area contributed by atoms with Crippen LogP contribution < -0.4 is 11.2 Å². The highest BCUT2D eigenvalue weighted by Crippen LogP contribution is 2.34. The van der Waals surface area contributed by atoms with E-state index in [1.807, 2.05) is 18.2 Å². The van der Waals surface area contributed by atoms with Gasteiger partial charge in [0.1, 0.15) is 15.3 Å². The van der Waals surface area contributed by atoms with Crippen LogP contribution in [0, 0.1) is 0 Å². The van der Waals surface area contributed by atoms with Crippen molar-refractivity contribution < 1.29 is 4.42 Å². The van der Waals surface area contributed by atoms with Crippen molar-refractivity contribution in [1.29, 1.82) is 0 Å². The third kappa shape index (κ3) is 2.59. The van der Waals surface area contributed by atoms with Crippen LogP contribution in [0.4, 0.5) is 0 Å². The molecule has 1 N–H and O–H groups in total. The van der Waals surface area contributed by atoms with E-state index in [9.17, 15) is 9.59 Å². The van der Waals surface area contributed by atoms with Crippen molar-refractivity contribution in [2.45, 2.75) is 35.7 Å². The van der Waals surface area contributed by atoms with Crippen LogP contribution in [-0.2, 0) is 12.8 Å². The molecule has 0 unspecified atom stereocenters. The van der Waals surface area contributed by atoms with Crippen LogP contribution in [0.15, 0.2) is 54.4 Å². The summed E-state index contributed by atoms with van der Waals surface area (Å²) >= 11 is 2.74. The monoisotopic (exact) mass is 382 g/mol. The number of hydrogen-bond acceptors (Lipinski definition) is 6. The molecule has 3 aromatic heterocycles. The molecule has 1 aliphatic carbocycles. The second kappa shape index (κ2) is 6.10. The Kier molecular flexibility index (Phi) is 3.72. The lowest BCUT2D eigenvalue weighted by Crippen LogP contribution is -2.11. The van der Waals surface area contributed by atoms with E-state index in [0.717, 1.165) is 58.6 Å². The van der Waals surface area contributed by atoms with Gasteiger partial charge in [-0.05, 0) is 55.1 Å². The van der Waals surface area contributed by atoms with E-state index in [2.05, 4.69) is 9.97 Å². The highest BCUT2D eigenvalue weighted by atomic mass is 32.2. The van der Waals surface area contributed by atoms with E-state index in [-0.39, 0.29) is 5.56 Å². The fourth-order valence-electron chi connectivity index (χ4n) is 3.41. The third-order valence-electron chi connectivity index (χ3n) is 4.62. The van der Waals surface area contributed by atoms with Crippen LogP contribution in [0.2, 0.25) is 0 Å². The van der Waals surface area contributed by atoms with E-state index in [1.165, 1.54) is 4.88 Å². The number of benzene rings is 1. The molecule has 26 heavy (non-hydrogen) atoms. The molecule has 0 saturated carbocycles. The van der Waals surface area contributed by atoms with E-state index < -0.39 is 5.63 Å². The quantitative estimate of drug-likeness (QED) is 0.417. The topological polar surface area (TPSA) is 76.0 Å². The van der Waals surface area contributed by atoms with Gasteiger partial charge in [0, 0.05) is 10.3 Å². The number of aromatic amines is 1. The fraction of sp³-hybridized carbons (Fsp3) is 0.211. The molecule has 0 atom stereocenters. The summed E-state index contributed by atoms with van der Waals surface area (Å²) in [4.78, 5) is 34.7. The summed E-state index contributed by atoms with van der Waals surface area (Å²) in [5, 5.41) is 1.98. The molecule has 0 amide bonds. The highest BCUT2D eigenvalue weighted by Gasteiger charge is 2.20. The predicted molar refractivity (Wildman–Crippen MR) is 103 cm³/mol. The SMILES string of the molecule is O=c1oc2ccccc2cc1Sc1nc2sc3c(c2c(=O)[nH]1)CCCC3. The molecule has 0 saturated heterocycles. The number of para-hydroxylation sites is 1. The summed E-state index contributed by atoms with van der Waals surface area (Å²) in [7, 11) is 0. The zero-order valence-corrected chi connectivity index (χ0v) is 15.3. The van der Waals surface area contributed by atoms with Crippen molar-refractivity contribution in [3.05, 3.63) is 61.5 Å². The Balaban J connectivity index is 1.61. The number of nitrogens with zero attached hydrogens (tertiary/aromatic N) is 1. The largest absolute Gasteiger partial charge is 0.422 e. The van der Waals surface area contributed by atoms with Crippen LogP contribution >= 0.6 is 23.1 Å². The third-order valence-corrected chi connectivity index (χ3v) is 6.70. The molecule has 5 rings (SSSR count). The molecule has 1 aromatic carbocycles. The number of hydrogen-bond donors (Lipinski definition) is 1. The summed E-state index contributed by atoms with van der Waals surface area (Å²) < 4.78 is 5.36. The lowest BCUT2D eigenvalue weighted by molar-refractivity contribution is 0.543. The van der Waals surface area contributed by atoms with Gasteiger partial charge in [-0.3, -0.25) is 4.79 Å². The first-order valence-corrected chi connectivity index (χ1v) is 10.1. The summed E-state index contributed by atoms with van der Waals surface area (Å²) in [6.07, 6.45) is 4.25. The molecule has 4 aromatic rings. The van der Waals surface area contributed by atoms with Gasteiger partial charge in [-0.2, -0.15) is 0 Å². The number of nitrogens with one attached hydrogen (secondary N) is 1. The summed E-state index contributed by atoms with van der Waals surface area (Å²) in [6.45, 7) is 0. The first-order chi connectivity index (χ1) is 12.7. The van der Waals surface area contributed by atoms with E-state index in [4.69, 9.17) is 4.42 Å². The number of fused-ring (bicyclic) bond motifs is 4. The minimum Gasteiger partial charge on any atom is -0.422 e. The zero-order valence-electron chi connectivity index (χ0n) is 13.7. The molecular weight excluding hydrogens is 368 g/mol. The van der Waals surface area contributed by atoms with Crippen LogP contribution in [0.1, 0.15) is 23.3 Å². The zero-order chi connectivity index (χ0) is 17.7. The van der Waals surface area contributed by atoms with Crippen molar-refractivity contribution >= 4 is 44.3 Å². The lowest BCUT2D eigenvalue weighted by atomic mass is 9.97. The molecule has 0 aliphatic heterocycles. The number of aromatic nitrogens is 2. The highest BCUT2D eigenvalue weighted by molar-refractivity contribution is 7.99. The van der Waals surface area contributed by atoms with Gasteiger partial charge in [-0.1, -0.05) is 18.2 Å². The molecule has 0 fully saturated rings. The Morgan fingerprint density at radius 3 is 2.92 bits per heavy atom. The maximum atomic E-state index is 12.6. The van der Waals surface area contributed by atoms with Gasteiger partial charge in [0.25, 0.3) is 5.56 Å². The number of H-pyrrole nitrogens is 1.